The molecule has 0 unspecified atom stereocenters. The number of carbonyl (C=O) groups excluding carboxylic acids is 1. The third kappa shape index (κ3) is 6.75. The van der Waals surface area contributed by atoms with Gasteiger partial charge in [0.15, 0.2) is 0 Å². The summed E-state index contributed by atoms with van der Waals surface area (Å²) in [4.78, 5) is 22.5. The van der Waals surface area contributed by atoms with Crippen LogP contribution in [0.2, 0.25) is 0 Å². The number of aliphatic carboxylic acids is 1. The van der Waals surface area contributed by atoms with E-state index in [-0.39, 0.29) is 18.3 Å². The highest BCUT2D eigenvalue weighted by Gasteiger charge is 2.27. The van der Waals surface area contributed by atoms with Crippen LogP contribution in [0.5, 0.6) is 0 Å². The molecule has 0 saturated carbocycles. The maximum Gasteiger partial charge on any atom is 0.407 e. The van der Waals surface area contributed by atoms with E-state index in [1.54, 1.807) is 20.8 Å². The van der Waals surface area contributed by atoms with E-state index in [4.69, 9.17) is 14.6 Å². The Kier molecular flexibility index (Phi) is 6.26. The zero-order valence-corrected chi connectivity index (χ0v) is 12.5. The number of amides is 1. The molecule has 2 N–H and O–H groups in total. The van der Waals surface area contributed by atoms with Crippen molar-refractivity contribution in [3.8, 4) is 0 Å². The Morgan fingerprint density at radius 1 is 1.25 bits per heavy atom. The second kappa shape index (κ2) is 7.47. The van der Waals surface area contributed by atoms with E-state index in [0.29, 0.717) is 26.2 Å². The number of carbonyl (C=O) groups is 2. The van der Waals surface area contributed by atoms with Gasteiger partial charge in [0.05, 0.1) is 0 Å². The topological polar surface area (TPSA) is 84.9 Å². The summed E-state index contributed by atoms with van der Waals surface area (Å²) in [6.07, 6.45) is 1.13. The van der Waals surface area contributed by atoms with Gasteiger partial charge in [-0.05, 0) is 45.4 Å². The molecule has 1 aliphatic heterocycles. The molecule has 0 bridgehead atoms. The number of nitrogens with one attached hydrogen (secondary N) is 1. The molecule has 0 aromatic carbocycles. The van der Waals surface area contributed by atoms with Crippen molar-refractivity contribution < 1.29 is 24.2 Å². The minimum Gasteiger partial charge on any atom is -0.481 e. The predicted molar refractivity (Wildman–Crippen MR) is 73.5 cm³/mol. The van der Waals surface area contributed by atoms with Crippen LogP contribution in [0.1, 0.15) is 40.0 Å². The Labute approximate surface area is 119 Å². The Hall–Kier alpha value is -1.30. The highest BCUT2D eigenvalue weighted by atomic mass is 16.6. The lowest BCUT2D eigenvalue weighted by Crippen LogP contribution is -2.37. The lowest BCUT2D eigenvalue weighted by molar-refractivity contribution is -0.138. The largest absolute Gasteiger partial charge is 0.481 e. The van der Waals surface area contributed by atoms with Crippen LogP contribution in [0.25, 0.3) is 0 Å². The summed E-state index contributed by atoms with van der Waals surface area (Å²) in [5, 5.41) is 11.7. The number of carboxylic acid groups (broad SMARTS) is 1. The predicted octanol–water partition coefficient (Wildman–Crippen LogP) is 2.03. The summed E-state index contributed by atoms with van der Waals surface area (Å²) < 4.78 is 10.6. The van der Waals surface area contributed by atoms with Gasteiger partial charge in [0, 0.05) is 26.2 Å². The first kappa shape index (κ1) is 16.8. The smallest absolute Gasteiger partial charge is 0.407 e. The van der Waals surface area contributed by atoms with Crippen molar-refractivity contribution in [2.75, 3.05) is 19.8 Å². The minimum atomic E-state index is -0.806. The van der Waals surface area contributed by atoms with E-state index in [0.717, 1.165) is 6.42 Å². The van der Waals surface area contributed by atoms with Crippen molar-refractivity contribution in [2.24, 2.45) is 11.8 Å². The summed E-state index contributed by atoms with van der Waals surface area (Å²) in [7, 11) is 0. The van der Waals surface area contributed by atoms with Crippen LogP contribution in [0.3, 0.4) is 0 Å². The Bertz CT molecular complexity index is 337. The van der Waals surface area contributed by atoms with Crippen molar-refractivity contribution in [3.05, 3.63) is 0 Å². The minimum absolute atomic E-state index is 0.0323. The second-order valence-electron chi connectivity index (χ2n) is 6.19. The fraction of sp³-hybridized carbons (Fsp3) is 0.857. The first-order valence-electron chi connectivity index (χ1n) is 7.04. The van der Waals surface area contributed by atoms with Gasteiger partial charge in [0.2, 0.25) is 0 Å². The standard InChI is InChI=1S/C14H25NO5/c1-14(2,3)20-13(18)15-9-11-5-7-19-6-4-10(11)8-12(16)17/h10-11H,4-9H2,1-3H3,(H,15,18)(H,16,17)/t10-,11+/m1/s1. The summed E-state index contributed by atoms with van der Waals surface area (Å²) in [6, 6.07) is 0. The van der Waals surface area contributed by atoms with E-state index >= 15 is 0 Å². The normalized spacial score (nSPS) is 23.8. The van der Waals surface area contributed by atoms with Crippen LogP contribution in [-0.2, 0) is 14.3 Å². The zero-order valence-electron chi connectivity index (χ0n) is 12.5. The molecule has 6 nitrogen and oxygen atoms in total. The fourth-order valence-electron chi connectivity index (χ4n) is 2.33. The third-order valence-electron chi connectivity index (χ3n) is 3.28. The van der Waals surface area contributed by atoms with E-state index in [1.165, 1.54) is 0 Å². The Balaban J connectivity index is 2.48. The van der Waals surface area contributed by atoms with Gasteiger partial charge in [-0.15, -0.1) is 0 Å². The highest BCUT2D eigenvalue weighted by molar-refractivity contribution is 5.68. The monoisotopic (exact) mass is 287 g/mol. The number of carboxylic acids is 1. The van der Waals surface area contributed by atoms with Gasteiger partial charge in [-0.1, -0.05) is 0 Å². The molecule has 1 amide bonds. The molecule has 0 aliphatic carbocycles. The summed E-state index contributed by atoms with van der Waals surface area (Å²) in [5.41, 5.74) is -0.531. The van der Waals surface area contributed by atoms with Crippen LogP contribution in [0.4, 0.5) is 4.79 Å². The molecule has 0 aromatic rings. The van der Waals surface area contributed by atoms with Gasteiger partial charge in [-0.2, -0.15) is 0 Å². The van der Waals surface area contributed by atoms with Gasteiger partial charge >= 0.3 is 12.1 Å². The molecule has 0 aromatic heterocycles. The maximum atomic E-state index is 11.6. The van der Waals surface area contributed by atoms with Crippen molar-refractivity contribution in [1.82, 2.24) is 5.32 Å². The van der Waals surface area contributed by atoms with Crippen molar-refractivity contribution in [2.45, 2.75) is 45.6 Å². The molecule has 2 atom stereocenters. The van der Waals surface area contributed by atoms with Crippen molar-refractivity contribution >= 4 is 12.1 Å². The van der Waals surface area contributed by atoms with Crippen LogP contribution < -0.4 is 5.32 Å². The van der Waals surface area contributed by atoms with Gasteiger partial charge in [-0.3, -0.25) is 4.79 Å². The van der Waals surface area contributed by atoms with E-state index in [2.05, 4.69) is 5.32 Å². The number of hydrogen-bond acceptors (Lipinski definition) is 4. The highest BCUT2D eigenvalue weighted by Crippen LogP contribution is 2.25. The van der Waals surface area contributed by atoms with E-state index < -0.39 is 17.7 Å². The summed E-state index contributed by atoms with van der Waals surface area (Å²) in [6.45, 7) is 7.03. The van der Waals surface area contributed by atoms with Gasteiger partial charge in [0.1, 0.15) is 5.60 Å². The molecule has 116 valence electrons. The average Bonchev–Trinajstić information content (AvgIpc) is 2.49. The number of alkyl carbamates (subject to hydrolysis) is 1. The summed E-state index contributed by atoms with van der Waals surface area (Å²) >= 11 is 0. The number of hydrogen-bond donors (Lipinski definition) is 2. The lowest BCUT2D eigenvalue weighted by atomic mass is 9.85. The molecule has 1 aliphatic rings. The van der Waals surface area contributed by atoms with Gasteiger partial charge in [-0.25, -0.2) is 4.79 Å². The fourth-order valence-corrected chi connectivity index (χ4v) is 2.33. The zero-order chi connectivity index (χ0) is 15.2. The molecule has 1 heterocycles. The van der Waals surface area contributed by atoms with E-state index in [1.807, 2.05) is 0 Å². The quantitative estimate of drug-likeness (QED) is 0.826. The molecule has 1 rings (SSSR count). The SMILES string of the molecule is CC(C)(C)OC(=O)NC[C@@H]1CCOCC[C@@H]1CC(=O)O. The summed E-state index contributed by atoms with van der Waals surface area (Å²) in [5.74, 6) is -0.662. The Morgan fingerprint density at radius 3 is 2.40 bits per heavy atom. The van der Waals surface area contributed by atoms with Crippen LogP contribution in [-0.4, -0.2) is 42.5 Å². The van der Waals surface area contributed by atoms with E-state index in [9.17, 15) is 9.59 Å². The molecular weight excluding hydrogens is 262 g/mol. The third-order valence-corrected chi connectivity index (χ3v) is 3.28. The van der Waals surface area contributed by atoms with Gasteiger partial charge < -0.3 is 19.9 Å². The van der Waals surface area contributed by atoms with Crippen molar-refractivity contribution in [3.63, 3.8) is 0 Å². The Morgan fingerprint density at radius 2 is 1.85 bits per heavy atom. The maximum absolute atomic E-state index is 11.6. The molecule has 20 heavy (non-hydrogen) atoms. The molecule has 1 saturated heterocycles. The van der Waals surface area contributed by atoms with Gasteiger partial charge in [0.25, 0.3) is 0 Å². The first-order chi connectivity index (χ1) is 9.28. The van der Waals surface area contributed by atoms with Crippen LogP contribution in [0.15, 0.2) is 0 Å². The number of rotatable bonds is 4. The average molecular weight is 287 g/mol. The molecule has 0 spiro atoms. The molecule has 0 radical (unpaired) electrons. The second-order valence-corrected chi connectivity index (χ2v) is 6.19. The first-order valence-corrected chi connectivity index (χ1v) is 7.04. The number of ether oxygens (including phenoxy) is 2. The lowest BCUT2D eigenvalue weighted by Gasteiger charge is -2.25. The molecule has 1 fully saturated rings. The molecule has 6 heteroatoms. The van der Waals surface area contributed by atoms with Crippen molar-refractivity contribution in [1.29, 1.82) is 0 Å². The molecular formula is C14H25NO5. The van der Waals surface area contributed by atoms with Crippen LogP contribution >= 0.6 is 0 Å². The van der Waals surface area contributed by atoms with Crippen LogP contribution in [0, 0.1) is 11.8 Å².